The molecule has 2 aromatic rings. The van der Waals surface area contributed by atoms with Crippen molar-refractivity contribution in [2.45, 2.75) is 13.3 Å². The summed E-state index contributed by atoms with van der Waals surface area (Å²) in [6, 6.07) is 3.46. The Hall–Kier alpha value is -1.82. The van der Waals surface area contributed by atoms with Gasteiger partial charge in [0.2, 0.25) is 0 Å². The highest BCUT2D eigenvalue weighted by Crippen LogP contribution is 2.16. The average Bonchev–Trinajstić information content (AvgIpc) is 2.78. The summed E-state index contributed by atoms with van der Waals surface area (Å²) >= 11 is 4.90. The molecule has 0 aromatic carbocycles. The maximum absolute atomic E-state index is 14.0. The molecule has 0 amide bonds. The molecule has 0 unspecified atom stereocenters. The topological polar surface area (TPSA) is 56.7 Å². The van der Waals surface area contributed by atoms with Crippen molar-refractivity contribution in [2.75, 3.05) is 0 Å². The first-order chi connectivity index (χ1) is 8.15. The first-order valence-corrected chi connectivity index (χ1v) is 5.53. The largest absolute Gasteiger partial charge is 0.388 e. The molecule has 0 bridgehead atoms. The molecule has 0 saturated carbocycles. The predicted molar refractivity (Wildman–Crippen MR) is 66.6 cm³/mol. The SMILES string of the molecule is CCc1ncnc(-n2cccc2C(N)=S)c1F. The van der Waals surface area contributed by atoms with Gasteiger partial charge in [-0.2, -0.15) is 0 Å². The summed E-state index contributed by atoms with van der Waals surface area (Å²) < 4.78 is 15.6. The molecular weight excluding hydrogens is 239 g/mol. The Morgan fingerprint density at radius 3 is 2.94 bits per heavy atom. The zero-order valence-corrected chi connectivity index (χ0v) is 10.0. The third kappa shape index (κ3) is 2.03. The molecule has 88 valence electrons. The van der Waals surface area contributed by atoms with Crippen molar-refractivity contribution in [1.82, 2.24) is 14.5 Å². The fraction of sp³-hybridized carbons (Fsp3) is 0.182. The molecule has 0 saturated heterocycles. The number of nitrogens with two attached hydrogens (primary N) is 1. The monoisotopic (exact) mass is 250 g/mol. The molecule has 0 atom stereocenters. The number of aryl methyl sites for hydroxylation is 1. The van der Waals surface area contributed by atoms with E-state index in [0.717, 1.165) is 0 Å². The van der Waals surface area contributed by atoms with E-state index in [-0.39, 0.29) is 10.8 Å². The molecular formula is C11H11FN4S. The van der Waals surface area contributed by atoms with E-state index in [9.17, 15) is 4.39 Å². The van der Waals surface area contributed by atoms with Crippen LogP contribution in [0.3, 0.4) is 0 Å². The molecule has 4 nitrogen and oxygen atoms in total. The van der Waals surface area contributed by atoms with Gasteiger partial charge in [-0.3, -0.25) is 4.57 Å². The van der Waals surface area contributed by atoms with Crippen LogP contribution in [0.25, 0.3) is 5.82 Å². The van der Waals surface area contributed by atoms with Crippen molar-refractivity contribution >= 4 is 17.2 Å². The van der Waals surface area contributed by atoms with Crippen LogP contribution in [0.1, 0.15) is 18.3 Å². The highest BCUT2D eigenvalue weighted by molar-refractivity contribution is 7.80. The van der Waals surface area contributed by atoms with E-state index in [1.807, 2.05) is 6.92 Å². The molecule has 6 heteroatoms. The highest BCUT2D eigenvalue weighted by Gasteiger charge is 2.14. The van der Waals surface area contributed by atoms with E-state index < -0.39 is 5.82 Å². The Morgan fingerprint density at radius 1 is 1.53 bits per heavy atom. The van der Waals surface area contributed by atoms with Crippen LogP contribution in [0.5, 0.6) is 0 Å². The standard InChI is InChI=1S/C11H11FN4S/c1-2-7-9(12)11(15-6-14-7)16-5-3-4-8(16)10(13)17/h3-6H,2H2,1H3,(H2,13,17). The lowest BCUT2D eigenvalue weighted by atomic mass is 10.3. The number of nitrogens with zero attached hydrogens (tertiary/aromatic N) is 3. The molecule has 2 rings (SSSR count). The molecule has 2 aromatic heterocycles. The van der Waals surface area contributed by atoms with Crippen molar-refractivity contribution in [3.63, 3.8) is 0 Å². The van der Waals surface area contributed by atoms with Gasteiger partial charge in [-0.1, -0.05) is 19.1 Å². The third-order valence-corrected chi connectivity index (χ3v) is 2.62. The number of halogens is 1. The first kappa shape index (κ1) is 11.7. The summed E-state index contributed by atoms with van der Waals surface area (Å²) in [5.41, 5.74) is 6.49. The van der Waals surface area contributed by atoms with Gasteiger partial charge in [-0.15, -0.1) is 0 Å². The summed E-state index contributed by atoms with van der Waals surface area (Å²) in [4.78, 5) is 8.01. The summed E-state index contributed by atoms with van der Waals surface area (Å²) in [5, 5.41) is 0. The maximum atomic E-state index is 14.0. The molecule has 2 N–H and O–H groups in total. The molecule has 0 fully saturated rings. The summed E-state index contributed by atoms with van der Waals surface area (Å²) in [6.07, 6.45) is 3.50. The molecule has 0 spiro atoms. The summed E-state index contributed by atoms with van der Waals surface area (Å²) in [5.74, 6) is -0.270. The average molecular weight is 250 g/mol. The van der Waals surface area contributed by atoms with Gasteiger partial charge in [0.05, 0.1) is 11.4 Å². The van der Waals surface area contributed by atoms with Crippen molar-refractivity contribution in [3.8, 4) is 5.82 Å². The van der Waals surface area contributed by atoms with Crippen LogP contribution in [-0.2, 0) is 6.42 Å². The van der Waals surface area contributed by atoms with Crippen LogP contribution in [0.4, 0.5) is 4.39 Å². The van der Waals surface area contributed by atoms with Gasteiger partial charge in [-0.05, 0) is 18.6 Å². The molecule has 17 heavy (non-hydrogen) atoms. The fourth-order valence-electron chi connectivity index (χ4n) is 1.58. The number of rotatable bonds is 3. The molecule has 0 aliphatic carbocycles. The summed E-state index contributed by atoms with van der Waals surface area (Å²) in [7, 11) is 0. The van der Waals surface area contributed by atoms with Gasteiger partial charge < -0.3 is 5.73 Å². The highest BCUT2D eigenvalue weighted by atomic mass is 32.1. The lowest BCUT2D eigenvalue weighted by Crippen LogP contribution is -2.16. The third-order valence-electron chi connectivity index (χ3n) is 2.41. The Labute approximate surface area is 103 Å². The fourth-order valence-corrected chi connectivity index (χ4v) is 1.74. The minimum Gasteiger partial charge on any atom is -0.388 e. The minimum atomic E-state index is -0.441. The maximum Gasteiger partial charge on any atom is 0.187 e. The molecule has 0 aliphatic rings. The molecule has 0 aliphatic heterocycles. The van der Waals surface area contributed by atoms with Crippen LogP contribution in [0.15, 0.2) is 24.7 Å². The summed E-state index contributed by atoms with van der Waals surface area (Å²) in [6.45, 7) is 1.83. The van der Waals surface area contributed by atoms with Gasteiger partial charge in [-0.25, -0.2) is 14.4 Å². The van der Waals surface area contributed by atoms with Crippen LogP contribution in [0.2, 0.25) is 0 Å². The zero-order valence-electron chi connectivity index (χ0n) is 9.22. The Morgan fingerprint density at radius 2 is 2.29 bits per heavy atom. The van der Waals surface area contributed by atoms with Crippen molar-refractivity contribution < 1.29 is 4.39 Å². The van der Waals surface area contributed by atoms with Crippen LogP contribution >= 0.6 is 12.2 Å². The Balaban J connectivity index is 2.61. The smallest absolute Gasteiger partial charge is 0.187 e. The number of thiocarbonyl (C=S) groups is 1. The van der Waals surface area contributed by atoms with Gasteiger partial charge >= 0.3 is 0 Å². The van der Waals surface area contributed by atoms with Crippen molar-refractivity contribution in [1.29, 1.82) is 0 Å². The zero-order chi connectivity index (χ0) is 12.4. The van der Waals surface area contributed by atoms with Crippen molar-refractivity contribution in [2.24, 2.45) is 5.73 Å². The van der Waals surface area contributed by atoms with Gasteiger partial charge in [0.25, 0.3) is 0 Å². The normalized spacial score (nSPS) is 10.5. The minimum absolute atomic E-state index is 0.171. The van der Waals surface area contributed by atoms with Crippen LogP contribution in [-0.4, -0.2) is 19.5 Å². The number of aromatic nitrogens is 3. The van der Waals surface area contributed by atoms with Gasteiger partial charge in [0, 0.05) is 6.20 Å². The van der Waals surface area contributed by atoms with Gasteiger partial charge in [0.1, 0.15) is 11.3 Å². The second-order valence-electron chi connectivity index (χ2n) is 3.44. The lowest BCUT2D eigenvalue weighted by Gasteiger charge is -2.09. The van der Waals surface area contributed by atoms with Crippen LogP contribution in [0, 0.1) is 5.82 Å². The Kier molecular flexibility index (Phi) is 3.14. The van der Waals surface area contributed by atoms with E-state index in [1.54, 1.807) is 18.3 Å². The Bertz CT molecular complexity index is 564. The molecule has 2 heterocycles. The molecule has 0 radical (unpaired) electrons. The lowest BCUT2D eigenvalue weighted by molar-refractivity contribution is 0.582. The van der Waals surface area contributed by atoms with E-state index >= 15 is 0 Å². The first-order valence-electron chi connectivity index (χ1n) is 5.12. The van der Waals surface area contributed by atoms with Crippen LogP contribution < -0.4 is 5.73 Å². The van der Waals surface area contributed by atoms with E-state index in [0.29, 0.717) is 17.8 Å². The van der Waals surface area contributed by atoms with Crippen molar-refractivity contribution in [3.05, 3.63) is 41.9 Å². The van der Waals surface area contributed by atoms with E-state index in [1.165, 1.54) is 10.9 Å². The number of hydrogen-bond donors (Lipinski definition) is 1. The second-order valence-corrected chi connectivity index (χ2v) is 3.88. The van der Waals surface area contributed by atoms with E-state index in [2.05, 4.69) is 9.97 Å². The predicted octanol–water partition coefficient (Wildman–Crippen LogP) is 1.60. The second kappa shape index (κ2) is 4.58. The number of hydrogen-bond acceptors (Lipinski definition) is 3. The van der Waals surface area contributed by atoms with Gasteiger partial charge in [0.15, 0.2) is 11.6 Å². The van der Waals surface area contributed by atoms with E-state index in [4.69, 9.17) is 18.0 Å². The quantitative estimate of drug-likeness (QED) is 0.841.